The molecule has 3 aliphatic carbocycles. The van der Waals surface area contributed by atoms with Crippen LogP contribution in [0.15, 0.2) is 83.5 Å². The number of phenols is 1. The summed E-state index contributed by atoms with van der Waals surface area (Å²) in [4.78, 5) is 26.9. The van der Waals surface area contributed by atoms with Gasteiger partial charge >= 0.3 is 0 Å². The monoisotopic (exact) mass is 427 g/mol. The lowest BCUT2D eigenvalue weighted by molar-refractivity contribution is -0.140. The number of allylic oxidation sites excluding steroid dienone is 9. The maximum Gasteiger partial charge on any atom is 0.234 e. The Labute approximate surface area is 189 Å². The maximum atomic E-state index is 12.7. The third-order valence-corrected chi connectivity index (χ3v) is 7.41. The Morgan fingerprint density at radius 1 is 1.03 bits per heavy atom. The number of fused-ring (bicyclic) bond motifs is 5. The fourth-order valence-electron chi connectivity index (χ4n) is 5.63. The van der Waals surface area contributed by atoms with E-state index in [2.05, 4.69) is 43.4 Å². The smallest absolute Gasteiger partial charge is 0.234 e. The molecule has 0 radical (unpaired) electrons. The van der Waals surface area contributed by atoms with Gasteiger partial charge in [0, 0.05) is 6.54 Å². The summed E-state index contributed by atoms with van der Waals surface area (Å²) < 4.78 is 0. The number of imide groups is 1. The number of aromatic hydroxyl groups is 1. The molecule has 1 aliphatic heterocycles. The van der Waals surface area contributed by atoms with Crippen LogP contribution >= 0.6 is 0 Å². The zero-order chi connectivity index (χ0) is 22.2. The van der Waals surface area contributed by atoms with Gasteiger partial charge in [-0.05, 0) is 73.3 Å². The van der Waals surface area contributed by atoms with Gasteiger partial charge in [-0.25, -0.2) is 0 Å². The maximum absolute atomic E-state index is 12.7. The van der Waals surface area contributed by atoms with Crippen LogP contribution in [-0.4, -0.2) is 28.4 Å². The molecule has 4 atom stereocenters. The minimum Gasteiger partial charge on any atom is -0.508 e. The lowest BCUT2D eigenvalue weighted by Crippen LogP contribution is -2.33. The second-order valence-corrected chi connectivity index (χ2v) is 9.43. The average molecular weight is 428 g/mol. The van der Waals surface area contributed by atoms with E-state index >= 15 is 0 Å². The van der Waals surface area contributed by atoms with Gasteiger partial charge in [0.05, 0.1) is 11.8 Å². The summed E-state index contributed by atoms with van der Waals surface area (Å²) in [5, 5.41) is 9.43. The third kappa shape index (κ3) is 3.79. The molecule has 0 aromatic heterocycles. The lowest BCUT2D eigenvalue weighted by Gasteiger charge is -2.15. The second-order valence-electron chi connectivity index (χ2n) is 9.43. The van der Waals surface area contributed by atoms with Gasteiger partial charge in [0.2, 0.25) is 11.8 Å². The molecule has 1 aromatic carbocycles. The minimum atomic E-state index is -0.107. The number of phenolic OH excluding ortho intramolecular Hbond substituents is 1. The van der Waals surface area contributed by atoms with Crippen LogP contribution in [0.1, 0.15) is 31.7 Å². The summed E-state index contributed by atoms with van der Waals surface area (Å²) in [6.07, 6.45) is 18.4. The number of carbonyl (C=O) groups is 2. The molecule has 1 saturated carbocycles. The van der Waals surface area contributed by atoms with Crippen molar-refractivity contribution in [3.63, 3.8) is 0 Å². The predicted octanol–water partition coefficient (Wildman–Crippen LogP) is 4.89. The molecular weight excluding hydrogens is 398 g/mol. The largest absolute Gasteiger partial charge is 0.508 e. The molecule has 1 heterocycles. The van der Waals surface area contributed by atoms with Crippen molar-refractivity contribution in [2.75, 3.05) is 6.54 Å². The SMILES string of the molecule is CC(Cc1ccc(O)cc1)=C1C=CC(CC=CCN2C(=O)C3C4C=CC(C4)C3C2=O)=CC1. The molecule has 2 fully saturated rings. The van der Waals surface area contributed by atoms with Crippen molar-refractivity contribution >= 4 is 11.8 Å². The Morgan fingerprint density at radius 3 is 2.34 bits per heavy atom. The van der Waals surface area contributed by atoms with E-state index < -0.39 is 0 Å². The molecule has 4 aliphatic rings. The summed E-state index contributed by atoms with van der Waals surface area (Å²) in [6.45, 7) is 2.55. The van der Waals surface area contributed by atoms with Crippen LogP contribution in [0.25, 0.3) is 0 Å². The van der Waals surface area contributed by atoms with Gasteiger partial charge in [-0.3, -0.25) is 14.5 Å². The topological polar surface area (TPSA) is 57.6 Å². The minimum absolute atomic E-state index is 0.0251. The van der Waals surface area contributed by atoms with Crippen molar-refractivity contribution in [1.82, 2.24) is 4.90 Å². The fourth-order valence-corrected chi connectivity index (χ4v) is 5.63. The Bertz CT molecular complexity index is 1060. The van der Waals surface area contributed by atoms with E-state index in [4.69, 9.17) is 0 Å². The number of hydrogen-bond donors (Lipinski definition) is 1. The highest BCUT2D eigenvalue weighted by atomic mass is 16.3. The molecule has 2 bridgehead atoms. The van der Waals surface area contributed by atoms with Gasteiger partial charge in [0.1, 0.15) is 5.75 Å². The summed E-state index contributed by atoms with van der Waals surface area (Å²) in [5.74, 6) is 0.673. The van der Waals surface area contributed by atoms with Gasteiger partial charge < -0.3 is 5.11 Å². The number of carbonyl (C=O) groups excluding carboxylic acids is 2. The van der Waals surface area contributed by atoms with Crippen LogP contribution in [-0.2, 0) is 16.0 Å². The highest BCUT2D eigenvalue weighted by Gasteiger charge is 2.58. The molecule has 1 saturated heterocycles. The Hall–Kier alpha value is -3.14. The Morgan fingerprint density at radius 2 is 1.72 bits per heavy atom. The van der Waals surface area contributed by atoms with Crippen LogP contribution in [0.3, 0.4) is 0 Å². The summed E-state index contributed by atoms with van der Waals surface area (Å²) >= 11 is 0. The first-order chi connectivity index (χ1) is 15.5. The number of hydrogen-bond acceptors (Lipinski definition) is 3. The molecule has 4 nitrogen and oxygen atoms in total. The van der Waals surface area contributed by atoms with E-state index in [9.17, 15) is 14.7 Å². The predicted molar refractivity (Wildman–Crippen MR) is 125 cm³/mol. The standard InChI is InChI=1S/C28H29NO3/c1-18(16-20-7-13-24(30)14-8-20)21-9-5-19(6-10-21)4-2-3-15-29-27(31)25-22-11-12-23(17-22)26(25)28(29)32/h2-3,5-9,11-14,22-23,25-26,30H,4,10,15-17H2,1H3. The normalized spacial score (nSPS) is 29.9. The first kappa shape index (κ1) is 20.7. The lowest BCUT2D eigenvalue weighted by atomic mass is 9.85. The number of likely N-dealkylation sites (tertiary alicyclic amines) is 1. The summed E-state index contributed by atoms with van der Waals surface area (Å²) in [6, 6.07) is 7.38. The molecule has 1 aromatic rings. The van der Waals surface area contributed by atoms with Crippen molar-refractivity contribution in [1.29, 1.82) is 0 Å². The molecule has 164 valence electrons. The highest BCUT2D eigenvalue weighted by Crippen LogP contribution is 2.52. The van der Waals surface area contributed by atoms with Crippen LogP contribution in [0.4, 0.5) is 0 Å². The molecule has 0 spiro atoms. The molecule has 32 heavy (non-hydrogen) atoms. The second kappa shape index (κ2) is 8.42. The van der Waals surface area contributed by atoms with Gasteiger partial charge in [-0.15, -0.1) is 0 Å². The molecule has 4 unspecified atom stereocenters. The quantitative estimate of drug-likeness (QED) is 0.519. The zero-order valence-corrected chi connectivity index (χ0v) is 18.4. The highest BCUT2D eigenvalue weighted by molar-refractivity contribution is 6.06. The summed E-state index contributed by atoms with van der Waals surface area (Å²) in [7, 11) is 0. The van der Waals surface area contributed by atoms with E-state index in [1.54, 1.807) is 12.1 Å². The van der Waals surface area contributed by atoms with E-state index in [0.29, 0.717) is 12.3 Å². The van der Waals surface area contributed by atoms with Gasteiger partial charge in [0.15, 0.2) is 0 Å². The number of rotatable bonds is 6. The Kier molecular flexibility index (Phi) is 5.46. The Balaban J connectivity index is 1.13. The number of benzene rings is 1. The van der Waals surface area contributed by atoms with Crippen molar-refractivity contribution in [2.24, 2.45) is 23.7 Å². The summed E-state index contributed by atoms with van der Waals surface area (Å²) in [5.41, 5.74) is 5.10. The molecule has 5 rings (SSSR count). The van der Waals surface area contributed by atoms with Crippen molar-refractivity contribution < 1.29 is 14.7 Å². The number of amides is 2. The zero-order valence-electron chi connectivity index (χ0n) is 18.4. The molecule has 1 N–H and O–H groups in total. The first-order valence-corrected chi connectivity index (χ1v) is 11.5. The molecule has 2 amide bonds. The van der Waals surface area contributed by atoms with Crippen LogP contribution < -0.4 is 0 Å². The van der Waals surface area contributed by atoms with Crippen molar-refractivity contribution in [3.05, 3.63) is 89.1 Å². The fraction of sp³-hybridized carbons (Fsp3) is 0.357. The van der Waals surface area contributed by atoms with Crippen LogP contribution in [0.5, 0.6) is 5.75 Å². The van der Waals surface area contributed by atoms with Crippen molar-refractivity contribution in [2.45, 2.75) is 32.6 Å². The van der Waals surface area contributed by atoms with Crippen LogP contribution in [0.2, 0.25) is 0 Å². The third-order valence-electron chi connectivity index (χ3n) is 7.41. The van der Waals surface area contributed by atoms with Gasteiger partial charge in [0.25, 0.3) is 0 Å². The van der Waals surface area contributed by atoms with Gasteiger partial charge in [-0.1, -0.05) is 60.2 Å². The van der Waals surface area contributed by atoms with E-state index in [0.717, 1.165) is 25.7 Å². The van der Waals surface area contributed by atoms with Gasteiger partial charge in [-0.2, -0.15) is 0 Å². The average Bonchev–Trinajstić information content (AvgIpc) is 3.48. The van der Waals surface area contributed by atoms with Crippen molar-refractivity contribution in [3.8, 4) is 5.75 Å². The van der Waals surface area contributed by atoms with E-state index in [1.165, 1.54) is 27.2 Å². The van der Waals surface area contributed by atoms with E-state index in [-0.39, 0.29) is 35.5 Å². The molecular formula is C28H29NO3. The number of nitrogens with zero attached hydrogens (tertiary/aromatic N) is 1. The molecule has 4 heteroatoms. The first-order valence-electron chi connectivity index (χ1n) is 11.5. The van der Waals surface area contributed by atoms with Crippen LogP contribution in [0, 0.1) is 23.7 Å². The van der Waals surface area contributed by atoms with E-state index in [1.807, 2.05) is 18.2 Å².